The Morgan fingerprint density at radius 3 is 2.70 bits per heavy atom. The van der Waals surface area contributed by atoms with E-state index in [1.54, 1.807) is 30.3 Å². The Kier molecular flexibility index (Phi) is 4.70. The van der Waals surface area contributed by atoms with Gasteiger partial charge in [0.25, 0.3) is 5.91 Å². The van der Waals surface area contributed by atoms with Gasteiger partial charge in [-0.05, 0) is 24.3 Å². The maximum absolute atomic E-state index is 12.0. The number of amides is 1. The van der Waals surface area contributed by atoms with E-state index >= 15 is 0 Å². The molecule has 0 saturated heterocycles. The second-order valence-electron chi connectivity index (χ2n) is 3.98. The number of hydrogen-bond acceptors (Lipinski definition) is 4. The third-order valence-corrected chi connectivity index (χ3v) is 3.86. The number of nitrogens with zero attached hydrogens (tertiary/aromatic N) is 1. The van der Waals surface area contributed by atoms with E-state index in [0.29, 0.717) is 9.21 Å². The zero-order valence-electron chi connectivity index (χ0n) is 10.2. The van der Waals surface area contributed by atoms with Gasteiger partial charge in [0, 0.05) is 11.1 Å². The summed E-state index contributed by atoms with van der Waals surface area (Å²) in [5, 5.41) is 11.6. The molecule has 0 radical (unpaired) electrons. The first-order valence-electron chi connectivity index (χ1n) is 5.75. The summed E-state index contributed by atoms with van der Waals surface area (Å²) in [6.07, 6.45) is 1.29. The number of nitrogens with one attached hydrogen (secondary N) is 1. The molecular weight excluding hydrogens is 300 g/mol. The molecule has 0 aromatic carbocycles. The molecule has 2 rings (SSSR count). The Bertz CT molecular complexity index is 615. The summed E-state index contributed by atoms with van der Waals surface area (Å²) < 4.78 is 0.544. The Balaban J connectivity index is 2.16. The number of hydrogen-bond donors (Lipinski definition) is 2. The molecule has 0 spiro atoms. The number of pyridine rings is 1. The first kappa shape index (κ1) is 14.5. The summed E-state index contributed by atoms with van der Waals surface area (Å²) in [6, 6.07) is 7.71. The van der Waals surface area contributed by atoms with Crippen molar-refractivity contribution >= 4 is 34.8 Å². The number of carboxylic acids is 1. The van der Waals surface area contributed by atoms with E-state index in [-0.39, 0.29) is 12.1 Å². The minimum atomic E-state index is -0.999. The van der Waals surface area contributed by atoms with Gasteiger partial charge in [-0.2, -0.15) is 0 Å². The molecule has 104 valence electrons. The molecule has 5 nitrogen and oxygen atoms in total. The third-order valence-electron chi connectivity index (χ3n) is 2.52. The standard InChI is InChI=1S/C13H11ClN2O3S/c14-11-5-4-10(20-11)9(7-12(17)18)16-13(19)8-3-1-2-6-15-8/h1-6,9H,7H2,(H,16,19)(H,17,18). The molecule has 20 heavy (non-hydrogen) atoms. The first-order chi connectivity index (χ1) is 9.56. The number of rotatable bonds is 5. The fourth-order valence-corrected chi connectivity index (χ4v) is 2.75. The molecule has 0 aliphatic heterocycles. The van der Waals surface area contributed by atoms with E-state index in [2.05, 4.69) is 10.3 Å². The highest BCUT2D eigenvalue weighted by molar-refractivity contribution is 7.16. The van der Waals surface area contributed by atoms with Crippen molar-refractivity contribution in [3.8, 4) is 0 Å². The van der Waals surface area contributed by atoms with Crippen LogP contribution in [0.4, 0.5) is 0 Å². The Morgan fingerprint density at radius 1 is 1.35 bits per heavy atom. The largest absolute Gasteiger partial charge is 0.481 e. The number of carboxylic acid groups (broad SMARTS) is 1. The zero-order valence-corrected chi connectivity index (χ0v) is 11.8. The zero-order chi connectivity index (χ0) is 14.5. The number of aliphatic carboxylic acids is 1. The molecule has 0 aliphatic rings. The lowest BCUT2D eigenvalue weighted by Crippen LogP contribution is -2.30. The summed E-state index contributed by atoms with van der Waals surface area (Å²) >= 11 is 7.08. The highest BCUT2D eigenvalue weighted by atomic mass is 35.5. The van der Waals surface area contributed by atoms with Crippen LogP contribution in [0.15, 0.2) is 36.5 Å². The number of thiophene rings is 1. The van der Waals surface area contributed by atoms with Gasteiger partial charge in [-0.3, -0.25) is 14.6 Å². The fourth-order valence-electron chi connectivity index (χ4n) is 1.64. The highest BCUT2D eigenvalue weighted by Crippen LogP contribution is 2.28. The smallest absolute Gasteiger partial charge is 0.305 e. The Morgan fingerprint density at radius 2 is 2.15 bits per heavy atom. The molecule has 0 aliphatic carbocycles. The third kappa shape index (κ3) is 3.79. The topological polar surface area (TPSA) is 79.3 Å². The van der Waals surface area contributed by atoms with Crippen LogP contribution in [0.3, 0.4) is 0 Å². The lowest BCUT2D eigenvalue weighted by molar-refractivity contribution is -0.137. The second-order valence-corrected chi connectivity index (χ2v) is 5.73. The van der Waals surface area contributed by atoms with Gasteiger partial charge in [0.2, 0.25) is 0 Å². The first-order valence-corrected chi connectivity index (χ1v) is 6.94. The van der Waals surface area contributed by atoms with E-state index in [0.717, 1.165) is 0 Å². The van der Waals surface area contributed by atoms with Crippen LogP contribution in [-0.2, 0) is 4.79 Å². The molecule has 1 atom stereocenters. The summed E-state index contributed by atoms with van der Waals surface area (Å²) in [5.41, 5.74) is 0.241. The molecule has 0 bridgehead atoms. The minimum Gasteiger partial charge on any atom is -0.481 e. The van der Waals surface area contributed by atoms with Crippen molar-refractivity contribution in [1.82, 2.24) is 10.3 Å². The molecule has 2 aromatic rings. The maximum Gasteiger partial charge on any atom is 0.305 e. The predicted octanol–water partition coefficient (Wildman–Crippen LogP) is 2.74. The van der Waals surface area contributed by atoms with Gasteiger partial charge >= 0.3 is 5.97 Å². The van der Waals surface area contributed by atoms with Gasteiger partial charge in [0.05, 0.1) is 16.8 Å². The van der Waals surface area contributed by atoms with Crippen molar-refractivity contribution in [3.05, 3.63) is 51.4 Å². The van der Waals surface area contributed by atoms with E-state index in [1.807, 2.05) is 0 Å². The average molecular weight is 311 g/mol. The summed E-state index contributed by atoms with van der Waals surface area (Å²) in [4.78, 5) is 27.6. The Labute approximate surface area is 124 Å². The van der Waals surface area contributed by atoms with E-state index < -0.39 is 17.9 Å². The molecule has 1 amide bonds. The SMILES string of the molecule is O=C(O)CC(NC(=O)c1ccccn1)c1ccc(Cl)s1. The van der Waals surface area contributed by atoms with Gasteiger partial charge < -0.3 is 10.4 Å². The van der Waals surface area contributed by atoms with Gasteiger partial charge in [-0.1, -0.05) is 17.7 Å². The lowest BCUT2D eigenvalue weighted by Gasteiger charge is -2.15. The molecule has 2 heterocycles. The van der Waals surface area contributed by atoms with Crippen molar-refractivity contribution in [2.75, 3.05) is 0 Å². The number of aromatic nitrogens is 1. The summed E-state index contributed by atoms with van der Waals surface area (Å²) in [7, 11) is 0. The van der Waals surface area contributed by atoms with Crippen LogP contribution in [0.5, 0.6) is 0 Å². The van der Waals surface area contributed by atoms with E-state index in [4.69, 9.17) is 16.7 Å². The molecule has 1 unspecified atom stereocenters. The molecule has 0 fully saturated rings. The van der Waals surface area contributed by atoms with Gasteiger partial charge in [-0.25, -0.2) is 0 Å². The molecular formula is C13H11ClN2O3S. The summed E-state index contributed by atoms with van der Waals surface area (Å²) in [6.45, 7) is 0. The molecule has 0 saturated carbocycles. The number of halogens is 1. The van der Waals surface area contributed by atoms with E-state index in [9.17, 15) is 9.59 Å². The van der Waals surface area contributed by atoms with Crippen molar-refractivity contribution in [2.24, 2.45) is 0 Å². The van der Waals surface area contributed by atoms with Crippen molar-refractivity contribution < 1.29 is 14.7 Å². The van der Waals surface area contributed by atoms with Crippen LogP contribution < -0.4 is 5.32 Å². The lowest BCUT2D eigenvalue weighted by atomic mass is 10.1. The number of carbonyl (C=O) groups excluding carboxylic acids is 1. The van der Waals surface area contributed by atoms with E-state index in [1.165, 1.54) is 17.5 Å². The quantitative estimate of drug-likeness (QED) is 0.890. The molecule has 7 heteroatoms. The van der Waals surface area contributed by atoms with Gasteiger partial charge in [0.15, 0.2) is 0 Å². The monoisotopic (exact) mass is 310 g/mol. The average Bonchev–Trinajstić information content (AvgIpc) is 2.85. The predicted molar refractivity (Wildman–Crippen MR) is 76.0 cm³/mol. The van der Waals surface area contributed by atoms with Crippen LogP contribution in [0.25, 0.3) is 0 Å². The molecule has 2 N–H and O–H groups in total. The number of carbonyl (C=O) groups is 2. The molecule has 2 aromatic heterocycles. The van der Waals surface area contributed by atoms with Crippen LogP contribution in [0.1, 0.15) is 27.8 Å². The van der Waals surface area contributed by atoms with Crippen LogP contribution in [0.2, 0.25) is 4.34 Å². The van der Waals surface area contributed by atoms with Crippen molar-refractivity contribution in [1.29, 1.82) is 0 Å². The van der Waals surface area contributed by atoms with Gasteiger partial charge in [-0.15, -0.1) is 11.3 Å². The normalized spacial score (nSPS) is 11.8. The van der Waals surface area contributed by atoms with Crippen molar-refractivity contribution in [3.63, 3.8) is 0 Å². The van der Waals surface area contributed by atoms with Crippen LogP contribution in [0, 0.1) is 0 Å². The van der Waals surface area contributed by atoms with Crippen LogP contribution >= 0.6 is 22.9 Å². The highest BCUT2D eigenvalue weighted by Gasteiger charge is 2.20. The second kappa shape index (κ2) is 6.49. The summed E-state index contributed by atoms with van der Waals surface area (Å²) in [5.74, 6) is -1.41. The van der Waals surface area contributed by atoms with Crippen molar-refractivity contribution in [2.45, 2.75) is 12.5 Å². The van der Waals surface area contributed by atoms with Crippen LogP contribution in [-0.4, -0.2) is 22.0 Å². The maximum atomic E-state index is 12.0. The van der Waals surface area contributed by atoms with Gasteiger partial charge in [0.1, 0.15) is 5.69 Å². The fraction of sp³-hybridized carbons (Fsp3) is 0.154. The minimum absolute atomic E-state index is 0.213. The Hall–Kier alpha value is -1.92.